The third kappa shape index (κ3) is 4.99. The summed E-state index contributed by atoms with van der Waals surface area (Å²) in [6, 6.07) is 3.83. The molecule has 1 amide bonds. The van der Waals surface area contributed by atoms with Crippen LogP contribution in [-0.4, -0.2) is 50.7 Å². The standard InChI is InChI=1S/C18H27IN2O3/c1-12(2)11-21-7-5-13(6-8-21)20-18(22)14-9-16(23-3)17(24-4)10-15(14)19/h9-10,12-13H,5-8,11H2,1-4H3,(H,20,22). The van der Waals surface area contributed by atoms with Crippen molar-refractivity contribution in [1.29, 1.82) is 0 Å². The number of hydrogen-bond donors (Lipinski definition) is 1. The molecule has 0 bridgehead atoms. The van der Waals surface area contributed by atoms with Gasteiger partial charge in [-0.3, -0.25) is 4.79 Å². The highest BCUT2D eigenvalue weighted by molar-refractivity contribution is 14.1. The number of likely N-dealkylation sites (tertiary alicyclic amines) is 1. The zero-order chi connectivity index (χ0) is 17.7. The first-order valence-electron chi connectivity index (χ1n) is 8.39. The van der Waals surface area contributed by atoms with Crippen LogP contribution in [0.5, 0.6) is 11.5 Å². The van der Waals surface area contributed by atoms with Gasteiger partial charge in [-0.15, -0.1) is 0 Å². The molecule has 0 aromatic heterocycles. The number of hydrogen-bond acceptors (Lipinski definition) is 4. The smallest absolute Gasteiger partial charge is 0.252 e. The molecule has 2 rings (SSSR count). The highest BCUT2D eigenvalue weighted by Crippen LogP contribution is 2.31. The summed E-state index contributed by atoms with van der Waals surface area (Å²) >= 11 is 2.16. The molecule has 1 heterocycles. The van der Waals surface area contributed by atoms with Gasteiger partial charge >= 0.3 is 0 Å². The summed E-state index contributed by atoms with van der Waals surface area (Å²) in [5.41, 5.74) is 0.637. The van der Waals surface area contributed by atoms with Gasteiger partial charge in [0, 0.05) is 29.2 Å². The molecule has 1 N–H and O–H groups in total. The van der Waals surface area contributed by atoms with Crippen molar-refractivity contribution in [3.63, 3.8) is 0 Å². The number of rotatable bonds is 6. The Morgan fingerprint density at radius 3 is 2.38 bits per heavy atom. The maximum absolute atomic E-state index is 12.6. The normalized spacial score (nSPS) is 16.2. The van der Waals surface area contributed by atoms with Gasteiger partial charge in [0.2, 0.25) is 0 Å². The van der Waals surface area contributed by atoms with Crippen LogP contribution in [0.1, 0.15) is 37.0 Å². The Hall–Kier alpha value is -1.02. The number of amides is 1. The second-order valence-electron chi connectivity index (χ2n) is 6.63. The minimum Gasteiger partial charge on any atom is -0.493 e. The van der Waals surface area contributed by atoms with Gasteiger partial charge in [-0.1, -0.05) is 13.8 Å². The fourth-order valence-corrected chi connectivity index (χ4v) is 3.75. The monoisotopic (exact) mass is 446 g/mol. The topological polar surface area (TPSA) is 50.8 Å². The van der Waals surface area contributed by atoms with E-state index >= 15 is 0 Å². The van der Waals surface area contributed by atoms with Gasteiger partial charge < -0.3 is 19.7 Å². The molecule has 0 unspecified atom stereocenters. The van der Waals surface area contributed by atoms with Crippen LogP contribution in [-0.2, 0) is 0 Å². The Morgan fingerprint density at radius 2 is 1.83 bits per heavy atom. The third-order valence-electron chi connectivity index (χ3n) is 4.26. The molecular weight excluding hydrogens is 419 g/mol. The molecule has 0 radical (unpaired) electrons. The zero-order valence-electron chi connectivity index (χ0n) is 14.9. The molecule has 6 heteroatoms. The highest BCUT2D eigenvalue weighted by atomic mass is 127. The SMILES string of the molecule is COc1cc(I)c(C(=O)NC2CCN(CC(C)C)CC2)cc1OC. The van der Waals surface area contributed by atoms with E-state index in [9.17, 15) is 4.79 Å². The van der Waals surface area contributed by atoms with Crippen molar-refractivity contribution < 1.29 is 14.3 Å². The van der Waals surface area contributed by atoms with Crippen LogP contribution in [0.2, 0.25) is 0 Å². The van der Waals surface area contributed by atoms with Crippen LogP contribution >= 0.6 is 22.6 Å². The molecule has 1 fully saturated rings. The van der Waals surface area contributed by atoms with E-state index < -0.39 is 0 Å². The number of nitrogens with zero attached hydrogens (tertiary/aromatic N) is 1. The fourth-order valence-electron chi connectivity index (χ4n) is 3.07. The quantitative estimate of drug-likeness (QED) is 0.683. The number of halogens is 1. The van der Waals surface area contributed by atoms with Crippen LogP contribution in [0.3, 0.4) is 0 Å². The maximum Gasteiger partial charge on any atom is 0.252 e. The summed E-state index contributed by atoms with van der Waals surface area (Å²) < 4.78 is 11.4. The molecule has 5 nitrogen and oxygen atoms in total. The van der Waals surface area contributed by atoms with E-state index in [4.69, 9.17) is 9.47 Å². The first kappa shape index (κ1) is 19.3. The summed E-state index contributed by atoms with van der Waals surface area (Å²) in [5, 5.41) is 3.17. The molecule has 1 saturated heterocycles. The Balaban J connectivity index is 1.98. The maximum atomic E-state index is 12.6. The van der Waals surface area contributed by atoms with Crippen LogP contribution in [0.15, 0.2) is 12.1 Å². The average Bonchev–Trinajstić information content (AvgIpc) is 2.55. The lowest BCUT2D eigenvalue weighted by Crippen LogP contribution is -2.45. The lowest BCUT2D eigenvalue weighted by atomic mass is 10.0. The molecule has 0 atom stereocenters. The van der Waals surface area contributed by atoms with Gasteiger partial charge in [0.15, 0.2) is 11.5 Å². The molecule has 0 spiro atoms. The first-order chi connectivity index (χ1) is 11.4. The Kier molecular flexibility index (Phi) is 7.16. The number of methoxy groups -OCH3 is 2. The second kappa shape index (κ2) is 8.89. The van der Waals surface area contributed by atoms with E-state index in [1.807, 2.05) is 6.07 Å². The Morgan fingerprint density at radius 1 is 1.25 bits per heavy atom. The molecule has 134 valence electrons. The van der Waals surface area contributed by atoms with Crippen molar-refractivity contribution in [3.05, 3.63) is 21.3 Å². The van der Waals surface area contributed by atoms with Crippen molar-refractivity contribution >= 4 is 28.5 Å². The van der Waals surface area contributed by atoms with E-state index in [1.54, 1.807) is 20.3 Å². The minimum absolute atomic E-state index is 0.0392. The van der Waals surface area contributed by atoms with Gasteiger partial charge in [-0.2, -0.15) is 0 Å². The number of piperidine rings is 1. The number of nitrogens with one attached hydrogen (secondary N) is 1. The molecule has 1 aliphatic rings. The van der Waals surface area contributed by atoms with E-state index in [0.717, 1.165) is 36.0 Å². The van der Waals surface area contributed by atoms with Crippen molar-refractivity contribution in [2.75, 3.05) is 33.9 Å². The molecule has 0 saturated carbocycles. The van der Waals surface area contributed by atoms with Gasteiger partial charge in [-0.25, -0.2) is 0 Å². The molecule has 1 aliphatic heterocycles. The number of benzene rings is 1. The highest BCUT2D eigenvalue weighted by Gasteiger charge is 2.23. The number of carbonyl (C=O) groups excluding carboxylic acids is 1. The molecular formula is C18H27IN2O3. The summed E-state index contributed by atoms with van der Waals surface area (Å²) in [6.07, 6.45) is 2.00. The largest absolute Gasteiger partial charge is 0.493 e. The zero-order valence-corrected chi connectivity index (χ0v) is 17.1. The Labute approximate surface area is 158 Å². The van der Waals surface area contributed by atoms with E-state index in [-0.39, 0.29) is 11.9 Å². The van der Waals surface area contributed by atoms with Gasteiger partial charge in [0.25, 0.3) is 5.91 Å². The Bertz CT molecular complexity index is 570. The summed E-state index contributed by atoms with van der Waals surface area (Å²) in [4.78, 5) is 15.1. The second-order valence-corrected chi connectivity index (χ2v) is 7.79. The van der Waals surface area contributed by atoms with Crippen molar-refractivity contribution in [2.24, 2.45) is 5.92 Å². The third-order valence-corrected chi connectivity index (χ3v) is 5.16. The summed E-state index contributed by atoms with van der Waals surface area (Å²) in [5.74, 6) is 1.86. The first-order valence-corrected chi connectivity index (χ1v) is 9.47. The van der Waals surface area contributed by atoms with Crippen LogP contribution < -0.4 is 14.8 Å². The molecule has 1 aromatic rings. The van der Waals surface area contributed by atoms with Crippen LogP contribution in [0.4, 0.5) is 0 Å². The molecule has 0 aliphatic carbocycles. The van der Waals surface area contributed by atoms with E-state index in [1.165, 1.54) is 0 Å². The summed E-state index contributed by atoms with van der Waals surface area (Å²) in [7, 11) is 3.18. The van der Waals surface area contributed by atoms with Gasteiger partial charge in [-0.05, 0) is 53.5 Å². The predicted octanol–water partition coefficient (Wildman–Crippen LogP) is 3.16. The summed E-state index contributed by atoms with van der Waals surface area (Å²) in [6.45, 7) is 7.71. The van der Waals surface area contributed by atoms with Crippen molar-refractivity contribution in [2.45, 2.75) is 32.7 Å². The minimum atomic E-state index is -0.0392. The van der Waals surface area contributed by atoms with Crippen LogP contribution in [0.25, 0.3) is 0 Å². The molecule has 24 heavy (non-hydrogen) atoms. The fraction of sp³-hybridized carbons (Fsp3) is 0.611. The van der Waals surface area contributed by atoms with Crippen LogP contribution in [0, 0.1) is 9.49 Å². The lowest BCUT2D eigenvalue weighted by Gasteiger charge is -2.33. The number of carbonyl (C=O) groups is 1. The van der Waals surface area contributed by atoms with E-state index in [2.05, 4.69) is 46.7 Å². The number of ether oxygens (including phenoxy) is 2. The molecule has 1 aromatic carbocycles. The van der Waals surface area contributed by atoms with Gasteiger partial charge in [0.1, 0.15) is 0 Å². The van der Waals surface area contributed by atoms with Crippen molar-refractivity contribution in [3.8, 4) is 11.5 Å². The predicted molar refractivity (Wildman–Crippen MR) is 104 cm³/mol. The lowest BCUT2D eigenvalue weighted by molar-refractivity contribution is 0.0906. The average molecular weight is 446 g/mol. The van der Waals surface area contributed by atoms with E-state index in [0.29, 0.717) is 23.0 Å². The van der Waals surface area contributed by atoms with Gasteiger partial charge in [0.05, 0.1) is 19.8 Å². The van der Waals surface area contributed by atoms with Crippen molar-refractivity contribution in [1.82, 2.24) is 10.2 Å².